The molecule has 1 fully saturated rings. The van der Waals surface area contributed by atoms with Crippen molar-refractivity contribution in [2.75, 3.05) is 29.4 Å². The summed E-state index contributed by atoms with van der Waals surface area (Å²) in [5.74, 6) is 1.07. The molecule has 6 rings (SSSR count). The highest BCUT2D eigenvalue weighted by Crippen LogP contribution is 2.32. The monoisotopic (exact) mass is 460 g/mol. The second-order valence-electron chi connectivity index (χ2n) is 9.05. The van der Waals surface area contributed by atoms with Crippen LogP contribution in [0.15, 0.2) is 46.3 Å². The molecule has 9 heteroatoms. The average molecular weight is 461 g/mol. The number of aliphatic imine (C=N–C) groups is 1. The van der Waals surface area contributed by atoms with Gasteiger partial charge >= 0.3 is 5.69 Å². The molecule has 3 aromatic rings. The van der Waals surface area contributed by atoms with Crippen molar-refractivity contribution >= 4 is 29.4 Å². The zero-order valence-electron chi connectivity index (χ0n) is 18.7. The Balaban J connectivity index is 1.18. The Kier molecular flexibility index (Phi) is 5.04. The summed E-state index contributed by atoms with van der Waals surface area (Å²) in [4.78, 5) is 41.4. The molecule has 1 aromatic carbocycles. The lowest BCUT2D eigenvalue weighted by Gasteiger charge is -2.34. The molecule has 174 valence electrons. The number of pyridine rings is 1. The van der Waals surface area contributed by atoms with Crippen LogP contribution in [-0.4, -0.2) is 46.3 Å². The van der Waals surface area contributed by atoms with E-state index in [-0.39, 0.29) is 23.5 Å². The lowest BCUT2D eigenvalue weighted by Crippen LogP contribution is -2.38. The number of anilines is 2. The Morgan fingerprint density at radius 2 is 1.94 bits per heavy atom. The maximum atomic E-state index is 13.6. The number of hydrogen-bond acceptors (Lipinski definition) is 5. The van der Waals surface area contributed by atoms with Crippen LogP contribution < -0.4 is 15.5 Å². The molecule has 1 N–H and O–H groups in total. The van der Waals surface area contributed by atoms with E-state index in [1.165, 1.54) is 12.1 Å². The molecule has 1 amide bonds. The van der Waals surface area contributed by atoms with Crippen LogP contribution in [0.3, 0.4) is 0 Å². The van der Waals surface area contributed by atoms with Crippen LogP contribution in [0.2, 0.25) is 0 Å². The highest BCUT2D eigenvalue weighted by Gasteiger charge is 2.29. The quantitative estimate of drug-likeness (QED) is 0.649. The van der Waals surface area contributed by atoms with Gasteiger partial charge in [0.2, 0.25) is 0 Å². The second-order valence-corrected chi connectivity index (χ2v) is 9.05. The van der Waals surface area contributed by atoms with Crippen LogP contribution in [0.25, 0.3) is 0 Å². The molecule has 2 aromatic heterocycles. The minimum absolute atomic E-state index is 0.0843. The number of halogens is 1. The number of hydrogen-bond donors (Lipinski definition) is 1. The van der Waals surface area contributed by atoms with Gasteiger partial charge in [0.1, 0.15) is 11.6 Å². The fourth-order valence-electron chi connectivity index (χ4n) is 5.37. The van der Waals surface area contributed by atoms with Crippen molar-refractivity contribution in [2.24, 2.45) is 4.99 Å². The van der Waals surface area contributed by atoms with Crippen molar-refractivity contribution < 1.29 is 9.18 Å². The minimum Gasteiger partial charge on any atom is -0.356 e. The first-order valence-electron chi connectivity index (χ1n) is 11.8. The molecule has 8 nitrogen and oxygen atoms in total. The Morgan fingerprint density at radius 3 is 2.79 bits per heavy atom. The number of nitrogens with zero attached hydrogens (tertiary/aromatic N) is 5. The van der Waals surface area contributed by atoms with Crippen molar-refractivity contribution in [1.29, 1.82) is 0 Å². The van der Waals surface area contributed by atoms with E-state index in [1.54, 1.807) is 23.2 Å². The lowest BCUT2D eigenvalue weighted by atomic mass is 10.0. The number of aromatic nitrogens is 3. The molecular weight excluding hydrogens is 435 g/mol. The molecule has 3 aliphatic rings. The normalized spacial score (nSPS) is 17.7. The largest absolute Gasteiger partial charge is 0.356 e. The minimum atomic E-state index is -0.280. The van der Waals surface area contributed by atoms with Crippen molar-refractivity contribution in [1.82, 2.24) is 14.5 Å². The van der Waals surface area contributed by atoms with E-state index in [1.807, 2.05) is 16.8 Å². The Labute approximate surface area is 195 Å². The molecule has 1 saturated heterocycles. The number of carbonyl (C=O) groups is 1. The fourth-order valence-corrected chi connectivity index (χ4v) is 5.37. The van der Waals surface area contributed by atoms with E-state index in [0.717, 1.165) is 61.5 Å². The standard InChI is InChI=1S/C25H25FN6O2/c26-18-3-4-20-16(14-18)6-13-31(20)24(33)17-5-10-27-22(15-17)30-11-7-19(8-12-30)32-21-2-1-9-28-23(21)29-25(32)34/h3-5,9-10,14-15,19H,1-2,6-8,11-13H2,(H,29,34). The number of nitrogens with one attached hydrogen (secondary N) is 1. The molecule has 0 unspecified atom stereocenters. The predicted octanol–water partition coefficient (Wildman–Crippen LogP) is 3.40. The van der Waals surface area contributed by atoms with E-state index < -0.39 is 0 Å². The molecule has 0 aliphatic carbocycles. The van der Waals surface area contributed by atoms with Crippen LogP contribution >= 0.6 is 0 Å². The lowest BCUT2D eigenvalue weighted by molar-refractivity contribution is 0.0989. The number of amides is 1. The van der Waals surface area contributed by atoms with Crippen LogP contribution in [-0.2, 0) is 12.8 Å². The van der Waals surface area contributed by atoms with Gasteiger partial charge in [-0.25, -0.2) is 19.2 Å². The van der Waals surface area contributed by atoms with E-state index in [0.29, 0.717) is 24.3 Å². The second kappa shape index (κ2) is 8.23. The van der Waals surface area contributed by atoms with Gasteiger partial charge in [-0.1, -0.05) is 0 Å². The highest BCUT2D eigenvalue weighted by molar-refractivity contribution is 6.07. The summed E-state index contributed by atoms with van der Waals surface area (Å²) in [5.41, 5.74) is 3.12. The number of H-pyrrole nitrogens is 1. The van der Waals surface area contributed by atoms with Gasteiger partial charge in [-0.15, -0.1) is 0 Å². The third kappa shape index (κ3) is 3.52. The smallest absolute Gasteiger partial charge is 0.327 e. The average Bonchev–Trinajstić information content (AvgIpc) is 3.43. The zero-order chi connectivity index (χ0) is 23.2. The molecule has 34 heavy (non-hydrogen) atoms. The summed E-state index contributed by atoms with van der Waals surface area (Å²) in [6.07, 6.45) is 7.49. The number of imidazole rings is 1. The first-order valence-corrected chi connectivity index (χ1v) is 11.8. The first kappa shape index (κ1) is 20.8. The number of rotatable bonds is 3. The van der Waals surface area contributed by atoms with Gasteiger partial charge in [-0.2, -0.15) is 0 Å². The molecule has 0 saturated carbocycles. The Morgan fingerprint density at radius 1 is 1.09 bits per heavy atom. The van der Waals surface area contributed by atoms with Crippen LogP contribution in [0.5, 0.6) is 0 Å². The summed E-state index contributed by atoms with van der Waals surface area (Å²) in [6.45, 7) is 2.04. The first-order chi connectivity index (χ1) is 16.6. The summed E-state index contributed by atoms with van der Waals surface area (Å²) in [7, 11) is 0. The predicted molar refractivity (Wildman–Crippen MR) is 128 cm³/mol. The maximum Gasteiger partial charge on any atom is 0.327 e. The molecule has 3 aliphatic heterocycles. The van der Waals surface area contributed by atoms with Gasteiger partial charge < -0.3 is 9.80 Å². The van der Waals surface area contributed by atoms with E-state index in [4.69, 9.17) is 0 Å². The van der Waals surface area contributed by atoms with Gasteiger partial charge in [0.05, 0.1) is 5.69 Å². The van der Waals surface area contributed by atoms with Crippen molar-refractivity contribution in [3.05, 3.63) is 69.7 Å². The molecule has 0 radical (unpaired) electrons. The zero-order valence-corrected chi connectivity index (χ0v) is 18.7. The van der Waals surface area contributed by atoms with Crippen molar-refractivity contribution in [2.45, 2.75) is 38.1 Å². The molecular formula is C25H25FN6O2. The van der Waals surface area contributed by atoms with E-state index >= 15 is 0 Å². The molecule has 0 atom stereocenters. The Hall–Kier alpha value is -3.75. The maximum absolute atomic E-state index is 13.6. The third-order valence-corrected chi connectivity index (χ3v) is 7.07. The molecule has 5 heterocycles. The SMILES string of the molecule is O=C(c1ccnc(N2CCC(n3c4c([nH]c3=O)N=CCC4)CC2)c1)N1CCc2cc(F)ccc21. The van der Waals surface area contributed by atoms with Gasteiger partial charge in [0.15, 0.2) is 5.82 Å². The Bertz CT molecular complexity index is 1350. The fraction of sp³-hybridized carbons (Fsp3) is 0.360. The number of aromatic amines is 1. The summed E-state index contributed by atoms with van der Waals surface area (Å²) in [6, 6.07) is 8.27. The van der Waals surface area contributed by atoms with Crippen LogP contribution in [0, 0.1) is 5.82 Å². The molecule has 0 bridgehead atoms. The van der Waals surface area contributed by atoms with E-state index in [9.17, 15) is 14.0 Å². The van der Waals surface area contributed by atoms with Crippen molar-refractivity contribution in [3.8, 4) is 0 Å². The number of benzene rings is 1. The van der Waals surface area contributed by atoms with Gasteiger partial charge in [0.25, 0.3) is 5.91 Å². The van der Waals surface area contributed by atoms with Crippen LogP contribution in [0.1, 0.15) is 46.9 Å². The number of fused-ring (bicyclic) bond motifs is 2. The summed E-state index contributed by atoms with van der Waals surface area (Å²) >= 11 is 0. The number of piperidine rings is 1. The topological polar surface area (TPSA) is 86.6 Å². The number of carbonyl (C=O) groups excluding carboxylic acids is 1. The van der Waals surface area contributed by atoms with Crippen molar-refractivity contribution in [3.63, 3.8) is 0 Å². The van der Waals surface area contributed by atoms with Gasteiger partial charge in [0, 0.05) is 49.3 Å². The van der Waals surface area contributed by atoms with Gasteiger partial charge in [-0.3, -0.25) is 14.3 Å². The highest BCUT2D eigenvalue weighted by atomic mass is 19.1. The van der Waals surface area contributed by atoms with Gasteiger partial charge in [-0.05, 0) is 68.0 Å². The van der Waals surface area contributed by atoms with Crippen LogP contribution in [0.4, 0.5) is 21.7 Å². The summed E-state index contributed by atoms with van der Waals surface area (Å²) in [5, 5.41) is 0. The summed E-state index contributed by atoms with van der Waals surface area (Å²) < 4.78 is 15.4. The van der Waals surface area contributed by atoms with E-state index in [2.05, 4.69) is 19.9 Å². The molecule has 0 spiro atoms. The third-order valence-electron chi connectivity index (χ3n) is 7.07.